The largest absolute Gasteiger partial charge is 0.461 e. The second-order valence-electron chi connectivity index (χ2n) is 3.89. The van der Waals surface area contributed by atoms with E-state index in [9.17, 15) is 25.2 Å². The Labute approximate surface area is 94.5 Å². The summed E-state index contributed by atoms with van der Waals surface area (Å²) in [4.78, 5) is 11.2. The SMILES string of the molecule is CC[C@@H](O)[C@@H](O)[C@H](O)[C@H](O)C(=O)OC(C)C. The van der Waals surface area contributed by atoms with Crippen LogP contribution in [0.25, 0.3) is 0 Å². The maximum absolute atomic E-state index is 11.2. The van der Waals surface area contributed by atoms with Gasteiger partial charge in [-0.25, -0.2) is 4.79 Å². The summed E-state index contributed by atoms with van der Waals surface area (Å²) in [5.41, 5.74) is 0. The first-order valence-electron chi connectivity index (χ1n) is 5.24. The van der Waals surface area contributed by atoms with E-state index in [1.165, 1.54) is 0 Å². The van der Waals surface area contributed by atoms with Crippen LogP contribution in [0.5, 0.6) is 0 Å². The lowest BCUT2D eigenvalue weighted by molar-refractivity contribution is -0.172. The number of aliphatic hydroxyl groups is 4. The minimum absolute atomic E-state index is 0.199. The number of ether oxygens (including phenoxy) is 1. The van der Waals surface area contributed by atoms with E-state index in [4.69, 9.17) is 0 Å². The summed E-state index contributed by atoms with van der Waals surface area (Å²) in [6, 6.07) is 0. The molecule has 0 saturated carbocycles. The number of carbonyl (C=O) groups is 1. The van der Waals surface area contributed by atoms with Crippen molar-refractivity contribution in [3.8, 4) is 0 Å². The van der Waals surface area contributed by atoms with Gasteiger partial charge < -0.3 is 25.2 Å². The zero-order chi connectivity index (χ0) is 12.9. The molecule has 0 fully saturated rings. The molecule has 0 saturated heterocycles. The van der Waals surface area contributed by atoms with Gasteiger partial charge in [0.25, 0.3) is 0 Å². The van der Waals surface area contributed by atoms with Crippen molar-refractivity contribution in [3.63, 3.8) is 0 Å². The second-order valence-corrected chi connectivity index (χ2v) is 3.89. The van der Waals surface area contributed by atoms with Crippen molar-refractivity contribution in [2.45, 2.75) is 57.7 Å². The van der Waals surface area contributed by atoms with Gasteiger partial charge in [-0.15, -0.1) is 0 Å². The smallest absolute Gasteiger partial charge is 0.338 e. The van der Waals surface area contributed by atoms with Crippen LogP contribution in [0.15, 0.2) is 0 Å². The molecule has 0 aromatic carbocycles. The van der Waals surface area contributed by atoms with Gasteiger partial charge in [0.05, 0.1) is 12.2 Å². The first kappa shape index (κ1) is 15.3. The van der Waals surface area contributed by atoms with E-state index < -0.39 is 36.5 Å². The number of carbonyl (C=O) groups excluding carboxylic acids is 1. The Kier molecular flexibility index (Phi) is 6.51. The quantitative estimate of drug-likeness (QED) is 0.431. The fraction of sp³-hybridized carbons (Fsp3) is 0.900. The first-order valence-corrected chi connectivity index (χ1v) is 5.24. The van der Waals surface area contributed by atoms with Gasteiger partial charge in [0.15, 0.2) is 6.10 Å². The molecule has 6 nitrogen and oxygen atoms in total. The van der Waals surface area contributed by atoms with Crippen molar-refractivity contribution in [1.82, 2.24) is 0 Å². The van der Waals surface area contributed by atoms with Crippen molar-refractivity contribution in [2.75, 3.05) is 0 Å². The number of rotatable bonds is 6. The molecule has 96 valence electrons. The van der Waals surface area contributed by atoms with Crippen LogP contribution in [0.1, 0.15) is 27.2 Å². The van der Waals surface area contributed by atoms with E-state index in [-0.39, 0.29) is 6.42 Å². The molecule has 0 aliphatic carbocycles. The van der Waals surface area contributed by atoms with Gasteiger partial charge in [0.1, 0.15) is 12.2 Å². The third-order valence-electron chi connectivity index (χ3n) is 2.08. The topological polar surface area (TPSA) is 107 Å². The van der Waals surface area contributed by atoms with Crippen molar-refractivity contribution in [1.29, 1.82) is 0 Å². The number of hydrogen-bond donors (Lipinski definition) is 4. The van der Waals surface area contributed by atoms with Crippen LogP contribution in [0, 0.1) is 0 Å². The lowest BCUT2D eigenvalue weighted by atomic mass is 10.0. The van der Waals surface area contributed by atoms with Crippen molar-refractivity contribution in [2.24, 2.45) is 0 Å². The average Bonchev–Trinajstić information content (AvgIpc) is 2.23. The highest BCUT2D eigenvalue weighted by molar-refractivity contribution is 5.75. The van der Waals surface area contributed by atoms with Crippen LogP contribution < -0.4 is 0 Å². The molecule has 0 aromatic heterocycles. The zero-order valence-electron chi connectivity index (χ0n) is 9.70. The Morgan fingerprint density at radius 1 is 1.12 bits per heavy atom. The van der Waals surface area contributed by atoms with Gasteiger partial charge in [-0.05, 0) is 20.3 Å². The Morgan fingerprint density at radius 3 is 2.00 bits per heavy atom. The average molecular weight is 236 g/mol. The molecule has 0 rings (SSSR count). The Bertz CT molecular complexity index is 217. The molecule has 0 aliphatic rings. The fourth-order valence-electron chi connectivity index (χ4n) is 1.10. The molecule has 0 spiro atoms. The standard InChI is InChI=1S/C10H20O6/c1-4-6(11)7(12)8(13)9(14)10(15)16-5(2)3/h5-9,11-14H,4H2,1-3H3/t6-,7-,8+,9+/m1/s1. The molecule has 4 atom stereocenters. The monoisotopic (exact) mass is 236 g/mol. The Balaban J connectivity index is 4.36. The molecule has 0 aromatic rings. The highest BCUT2D eigenvalue weighted by Gasteiger charge is 2.34. The third kappa shape index (κ3) is 4.44. The summed E-state index contributed by atoms with van der Waals surface area (Å²) < 4.78 is 4.65. The Morgan fingerprint density at radius 2 is 1.62 bits per heavy atom. The van der Waals surface area contributed by atoms with Crippen molar-refractivity contribution < 1.29 is 30.0 Å². The summed E-state index contributed by atoms with van der Waals surface area (Å²) in [5.74, 6) is -1.02. The molecule has 4 N–H and O–H groups in total. The van der Waals surface area contributed by atoms with Gasteiger partial charge in [-0.2, -0.15) is 0 Å². The van der Waals surface area contributed by atoms with Gasteiger partial charge in [0, 0.05) is 0 Å². The Hall–Kier alpha value is -0.690. The molecule has 0 amide bonds. The lowest BCUT2D eigenvalue weighted by Crippen LogP contribution is -2.48. The van der Waals surface area contributed by atoms with Crippen LogP contribution >= 0.6 is 0 Å². The number of aliphatic hydroxyl groups excluding tert-OH is 4. The van der Waals surface area contributed by atoms with Gasteiger partial charge >= 0.3 is 5.97 Å². The van der Waals surface area contributed by atoms with E-state index in [1.54, 1.807) is 20.8 Å². The van der Waals surface area contributed by atoms with E-state index in [0.717, 1.165) is 0 Å². The van der Waals surface area contributed by atoms with E-state index in [0.29, 0.717) is 0 Å². The molecule has 6 heteroatoms. The molecule has 16 heavy (non-hydrogen) atoms. The van der Waals surface area contributed by atoms with Crippen molar-refractivity contribution >= 4 is 5.97 Å². The lowest BCUT2D eigenvalue weighted by Gasteiger charge is -2.25. The first-order chi connectivity index (χ1) is 7.31. The summed E-state index contributed by atoms with van der Waals surface area (Å²) in [6.45, 7) is 4.78. The zero-order valence-corrected chi connectivity index (χ0v) is 9.70. The van der Waals surface area contributed by atoms with Gasteiger partial charge in [-0.3, -0.25) is 0 Å². The summed E-state index contributed by atoms with van der Waals surface area (Å²) >= 11 is 0. The maximum Gasteiger partial charge on any atom is 0.338 e. The predicted octanol–water partition coefficient (Wildman–Crippen LogP) is -1.21. The van der Waals surface area contributed by atoms with Crippen LogP contribution in [0.4, 0.5) is 0 Å². The highest BCUT2D eigenvalue weighted by atomic mass is 16.6. The summed E-state index contributed by atoms with van der Waals surface area (Å²) in [7, 11) is 0. The predicted molar refractivity (Wildman–Crippen MR) is 55.5 cm³/mol. The molecule has 0 unspecified atom stereocenters. The number of esters is 1. The van der Waals surface area contributed by atoms with Gasteiger partial charge in [0.2, 0.25) is 0 Å². The fourth-order valence-corrected chi connectivity index (χ4v) is 1.10. The van der Waals surface area contributed by atoms with E-state index in [1.807, 2.05) is 0 Å². The minimum atomic E-state index is -1.86. The minimum Gasteiger partial charge on any atom is -0.461 e. The molecule has 0 radical (unpaired) electrons. The van der Waals surface area contributed by atoms with Crippen LogP contribution in [0.3, 0.4) is 0 Å². The highest BCUT2D eigenvalue weighted by Crippen LogP contribution is 2.09. The van der Waals surface area contributed by atoms with E-state index >= 15 is 0 Å². The van der Waals surface area contributed by atoms with E-state index in [2.05, 4.69) is 4.74 Å². The number of hydrogen-bond acceptors (Lipinski definition) is 6. The van der Waals surface area contributed by atoms with Crippen molar-refractivity contribution in [3.05, 3.63) is 0 Å². The maximum atomic E-state index is 11.2. The van der Waals surface area contributed by atoms with Gasteiger partial charge in [-0.1, -0.05) is 6.92 Å². The summed E-state index contributed by atoms with van der Waals surface area (Å²) in [5, 5.41) is 37.4. The van der Waals surface area contributed by atoms with Crippen LogP contribution in [-0.2, 0) is 9.53 Å². The van der Waals surface area contributed by atoms with Crippen LogP contribution in [-0.4, -0.2) is 56.9 Å². The molecular formula is C10H20O6. The normalized spacial score (nSPS) is 19.0. The molecular weight excluding hydrogens is 216 g/mol. The molecule has 0 bridgehead atoms. The molecule has 0 heterocycles. The second kappa shape index (κ2) is 6.80. The summed E-state index contributed by atoms with van der Waals surface area (Å²) in [6.07, 6.45) is -6.64. The van der Waals surface area contributed by atoms with Crippen LogP contribution in [0.2, 0.25) is 0 Å². The molecule has 0 aliphatic heterocycles. The third-order valence-corrected chi connectivity index (χ3v) is 2.08.